The molecule has 1 heterocycles. The predicted molar refractivity (Wildman–Crippen MR) is 60.9 cm³/mol. The second kappa shape index (κ2) is 4.20. The van der Waals surface area contributed by atoms with E-state index < -0.39 is 0 Å². The Balaban J connectivity index is 2.10. The third-order valence-corrected chi connectivity index (χ3v) is 2.90. The van der Waals surface area contributed by atoms with Gasteiger partial charge in [0.15, 0.2) is 0 Å². The van der Waals surface area contributed by atoms with E-state index in [9.17, 15) is 0 Å². The van der Waals surface area contributed by atoms with Crippen LogP contribution in [0, 0.1) is 0 Å². The van der Waals surface area contributed by atoms with Crippen molar-refractivity contribution in [3.05, 3.63) is 29.3 Å². The van der Waals surface area contributed by atoms with Gasteiger partial charge in [0.1, 0.15) is 0 Å². The maximum atomic E-state index is 5.92. The molecule has 1 aromatic rings. The zero-order valence-electron chi connectivity index (χ0n) is 8.12. The highest BCUT2D eigenvalue weighted by Crippen LogP contribution is 2.21. The van der Waals surface area contributed by atoms with Crippen LogP contribution in [0.2, 0.25) is 5.02 Å². The second-order valence-corrected chi connectivity index (χ2v) is 4.26. The van der Waals surface area contributed by atoms with Gasteiger partial charge < -0.3 is 10.6 Å². The normalized spacial score (nSPS) is 22.4. The molecule has 2 N–H and O–H groups in total. The fourth-order valence-corrected chi connectivity index (χ4v) is 2.02. The molecule has 2 nitrogen and oxygen atoms in total. The highest BCUT2D eigenvalue weighted by molar-refractivity contribution is 6.30. The van der Waals surface area contributed by atoms with Crippen LogP contribution in [-0.2, 0) is 0 Å². The van der Waals surface area contributed by atoms with Gasteiger partial charge in [0, 0.05) is 29.8 Å². The SMILES string of the molecule is NC1CCCN(c2ccc(Cl)cc2)C1. The van der Waals surface area contributed by atoms with Crippen LogP contribution in [0.4, 0.5) is 5.69 Å². The van der Waals surface area contributed by atoms with E-state index in [1.807, 2.05) is 12.1 Å². The molecule has 1 atom stereocenters. The van der Waals surface area contributed by atoms with Crippen molar-refractivity contribution in [3.8, 4) is 0 Å². The minimum absolute atomic E-state index is 0.319. The highest BCUT2D eigenvalue weighted by atomic mass is 35.5. The summed E-state index contributed by atoms with van der Waals surface area (Å²) in [5.41, 5.74) is 7.15. The molecule has 0 spiro atoms. The summed E-state index contributed by atoms with van der Waals surface area (Å²) >= 11 is 5.84. The molecule has 0 amide bonds. The first kappa shape index (κ1) is 9.81. The number of rotatable bonds is 1. The molecule has 1 aliphatic heterocycles. The Bertz CT molecular complexity index is 297. The second-order valence-electron chi connectivity index (χ2n) is 3.82. The zero-order chi connectivity index (χ0) is 9.97. The standard InChI is InChI=1S/C11H15ClN2/c12-9-3-5-11(6-4-9)14-7-1-2-10(13)8-14/h3-6,10H,1-2,7-8,13H2. The van der Waals surface area contributed by atoms with E-state index in [0.717, 1.165) is 24.5 Å². The van der Waals surface area contributed by atoms with Crippen LogP contribution in [-0.4, -0.2) is 19.1 Å². The minimum Gasteiger partial charge on any atom is -0.370 e. The average molecular weight is 211 g/mol. The van der Waals surface area contributed by atoms with Crippen LogP contribution < -0.4 is 10.6 Å². The molecule has 2 rings (SSSR count). The smallest absolute Gasteiger partial charge is 0.0407 e. The summed E-state index contributed by atoms with van der Waals surface area (Å²) in [6.07, 6.45) is 2.33. The number of halogens is 1. The van der Waals surface area contributed by atoms with Gasteiger partial charge in [-0.3, -0.25) is 0 Å². The van der Waals surface area contributed by atoms with Gasteiger partial charge in [-0.25, -0.2) is 0 Å². The number of nitrogens with two attached hydrogens (primary N) is 1. The third kappa shape index (κ3) is 2.20. The van der Waals surface area contributed by atoms with Crippen molar-refractivity contribution in [2.24, 2.45) is 5.73 Å². The van der Waals surface area contributed by atoms with Crippen molar-refractivity contribution in [3.63, 3.8) is 0 Å². The minimum atomic E-state index is 0.319. The maximum absolute atomic E-state index is 5.92. The summed E-state index contributed by atoms with van der Waals surface area (Å²) in [5, 5.41) is 0.787. The van der Waals surface area contributed by atoms with E-state index in [-0.39, 0.29) is 0 Å². The fourth-order valence-electron chi connectivity index (χ4n) is 1.90. The van der Waals surface area contributed by atoms with E-state index in [0.29, 0.717) is 6.04 Å². The number of anilines is 1. The summed E-state index contributed by atoms with van der Waals surface area (Å²) in [5.74, 6) is 0. The van der Waals surface area contributed by atoms with Crippen LogP contribution in [0.1, 0.15) is 12.8 Å². The van der Waals surface area contributed by atoms with Gasteiger partial charge in [0.05, 0.1) is 0 Å². The lowest BCUT2D eigenvalue weighted by Gasteiger charge is -2.32. The van der Waals surface area contributed by atoms with Crippen LogP contribution >= 0.6 is 11.6 Å². The van der Waals surface area contributed by atoms with Crippen LogP contribution in [0.15, 0.2) is 24.3 Å². The van der Waals surface area contributed by atoms with E-state index in [4.69, 9.17) is 17.3 Å². The first-order chi connectivity index (χ1) is 6.75. The molecule has 3 heteroatoms. The van der Waals surface area contributed by atoms with E-state index in [2.05, 4.69) is 17.0 Å². The molecule has 0 radical (unpaired) electrons. The quantitative estimate of drug-likeness (QED) is 0.771. The molecule has 1 aromatic carbocycles. The van der Waals surface area contributed by atoms with Crippen LogP contribution in [0.25, 0.3) is 0 Å². The topological polar surface area (TPSA) is 29.3 Å². The summed E-state index contributed by atoms with van der Waals surface area (Å²) in [7, 11) is 0. The molecule has 1 fully saturated rings. The summed E-state index contributed by atoms with van der Waals surface area (Å²) in [4.78, 5) is 2.32. The van der Waals surface area contributed by atoms with Crippen LogP contribution in [0.3, 0.4) is 0 Å². The molecule has 76 valence electrons. The lowest BCUT2D eigenvalue weighted by molar-refractivity contribution is 0.506. The Hall–Kier alpha value is -0.730. The van der Waals surface area contributed by atoms with Gasteiger partial charge in [-0.1, -0.05) is 11.6 Å². The van der Waals surface area contributed by atoms with Crippen molar-refractivity contribution in [1.82, 2.24) is 0 Å². The first-order valence-corrected chi connectivity index (χ1v) is 5.39. The van der Waals surface area contributed by atoms with Gasteiger partial charge in [-0.05, 0) is 37.1 Å². The van der Waals surface area contributed by atoms with Gasteiger partial charge in [-0.15, -0.1) is 0 Å². The summed E-state index contributed by atoms with van der Waals surface area (Å²) < 4.78 is 0. The van der Waals surface area contributed by atoms with E-state index >= 15 is 0 Å². The van der Waals surface area contributed by atoms with Crippen molar-refractivity contribution in [2.75, 3.05) is 18.0 Å². The molecular formula is C11H15ClN2. The summed E-state index contributed by atoms with van der Waals surface area (Å²) in [6, 6.07) is 8.29. The van der Waals surface area contributed by atoms with E-state index in [1.54, 1.807) is 0 Å². The number of benzene rings is 1. The van der Waals surface area contributed by atoms with Gasteiger partial charge >= 0.3 is 0 Å². The molecule has 0 saturated carbocycles. The average Bonchev–Trinajstić information content (AvgIpc) is 2.19. The molecular weight excluding hydrogens is 196 g/mol. The zero-order valence-corrected chi connectivity index (χ0v) is 8.87. The Morgan fingerprint density at radius 2 is 2.00 bits per heavy atom. The monoisotopic (exact) mass is 210 g/mol. The molecule has 1 unspecified atom stereocenters. The predicted octanol–water partition coefficient (Wildman–Crippen LogP) is 2.27. The number of piperidine rings is 1. The Labute approximate surface area is 89.7 Å². The Morgan fingerprint density at radius 3 is 2.64 bits per heavy atom. The highest BCUT2D eigenvalue weighted by Gasteiger charge is 2.16. The third-order valence-electron chi connectivity index (χ3n) is 2.65. The molecule has 1 saturated heterocycles. The van der Waals surface area contributed by atoms with Crippen LogP contribution in [0.5, 0.6) is 0 Å². The number of hydrogen-bond donors (Lipinski definition) is 1. The number of hydrogen-bond acceptors (Lipinski definition) is 2. The molecule has 0 bridgehead atoms. The Kier molecular flexibility index (Phi) is 2.94. The van der Waals surface area contributed by atoms with Gasteiger partial charge in [0.2, 0.25) is 0 Å². The largest absolute Gasteiger partial charge is 0.370 e. The lowest BCUT2D eigenvalue weighted by Crippen LogP contribution is -2.42. The maximum Gasteiger partial charge on any atom is 0.0407 e. The van der Waals surface area contributed by atoms with Crippen molar-refractivity contribution in [1.29, 1.82) is 0 Å². The molecule has 0 aliphatic carbocycles. The Morgan fingerprint density at radius 1 is 1.29 bits per heavy atom. The van der Waals surface area contributed by atoms with Crippen molar-refractivity contribution >= 4 is 17.3 Å². The van der Waals surface area contributed by atoms with Gasteiger partial charge in [-0.2, -0.15) is 0 Å². The number of nitrogens with zero attached hydrogens (tertiary/aromatic N) is 1. The molecule has 0 aromatic heterocycles. The fraction of sp³-hybridized carbons (Fsp3) is 0.455. The van der Waals surface area contributed by atoms with Crippen molar-refractivity contribution < 1.29 is 0 Å². The summed E-state index contributed by atoms with van der Waals surface area (Å²) in [6.45, 7) is 2.07. The molecule has 14 heavy (non-hydrogen) atoms. The van der Waals surface area contributed by atoms with E-state index in [1.165, 1.54) is 12.1 Å². The molecule has 1 aliphatic rings. The lowest BCUT2D eigenvalue weighted by atomic mass is 10.1. The van der Waals surface area contributed by atoms with Crippen molar-refractivity contribution in [2.45, 2.75) is 18.9 Å². The first-order valence-electron chi connectivity index (χ1n) is 5.02. The van der Waals surface area contributed by atoms with Gasteiger partial charge in [0.25, 0.3) is 0 Å².